The maximum Gasteiger partial charge on any atom is 0.318 e. The molecule has 0 spiro atoms. The number of nitrogens with one attached hydrogen (secondary N) is 1. The number of hydrogen-bond acceptors (Lipinski definition) is 5. The average molecular weight is 336 g/mol. The molecule has 3 heterocycles. The lowest BCUT2D eigenvalue weighted by molar-refractivity contribution is 0.134. The minimum Gasteiger partial charge on any atom is -0.329 e. The van der Waals surface area contributed by atoms with Crippen molar-refractivity contribution in [2.45, 2.75) is 19.5 Å². The Labute approximate surface area is 138 Å². The first kappa shape index (κ1) is 15.5. The van der Waals surface area contributed by atoms with Crippen LogP contribution in [-0.4, -0.2) is 47.0 Å². The summed E-state index contributed by atoms with van der Waals surface area (Å²) in [6.07, 6.45) is 1.77. The van der Waals surface area contributed by atoms with Crippen molar-refractivity contribution in [3.05, 3.63) is 39.0 Å². The number of thiazole rings is 1. The summed E-state index contributed by atoms with van der Waals surface area (Å²) >= 11 is 3.36. The second kappa shape index (κ2) is 7.21. The molecule has 1 aliphatic heterocycles. The number of urea groups is 1. The standard InChI is InChI=1S/C15H20N4OS2/c1-12(14-16-4-10-22-14)17-15(20)19-7-5-18(6-8-19)11-13-3-2-9-21-13/h2-4,9-10,12H,5-8,11H2,1H3,(H,17,20). The molecule has 2 aromatic rings. The number of carbonyl (C=O) groups excluding carboxylic acids is 1. The van der Waals surface area contributed by atoms with Crippen LogP contribution >= 0.6 is 22.7 Å². The van der Waals surface area contributed by atoms with Gasteiger partial charge in [0.2, 0.25) is 0 Å². The van der Waals surface area contributed by atoms with E-state index in [0.29, 0.717) is 0 Å². The average Bonchev–Trinajstić information content (AvgIpc) is 3.21. The fourth-order valence-corrected chi connectivity index (χ4v) is 3.91. The molecule has 1 fully saturated rings. The molecule has 118 valence electrons. The summed E-state index contributed by atoms with van der Waals surface area (Å²) in [5, 5.41) is 8.02. The number of nitrogens with zero attached hydrogens (tertiary/aromatic N) is 3. The molecule has 3 rings (SSSR count). The molecule has 1 N–H and O–H groups in total. The highest BCUT2D eigenvalue weighted by Crippen LogP contribution is 2.16. The number of thiophene rings is 1. The molecule has 0 saturated carbocycles. The lowest BCUT2D eigenvalue weighted by atomic mass is 10.3. The normalized spacial score (nSPS) is 17.4. The summed E-state index contributed by atoms with van der Waals surface area (Å²) in [5.41, 5.74) is 0. The summed E-state index contributed by atoms with van der Waals surface area (Å²) in [5.74, 6) is 0. The summed E-state index contributed by atoms with van der Waals surface area (Å²) < 4.78 is 0. The van der Waals surface area contributed by atoms with Gasteiger partial charge in [-0.2, -0.15) is 0 Å². The zero-order chi connectivity index (χ0) is 15.4. The molecule has 2 aromatic heterocycles. The second-order valence-electron chi connectivity index (χ2n) is 5.38. The van der Waals surface area contributed by atoms with E-state index in [1.165, 1.54) is 4.88 Å². The number of aromatic nitrogens is 1. The van der Waals surface area contributed by atoms with Crippen LogP contribution in [0.2, 0.25) is 0 Å². The van der Waals surface area contributed by atoms with Crippen molar-refractivity contribution in [1.82, 2.24) is 20.1 Å². The Hall–Kier alpha value is -1.44. The molecule has 22 heavy (non-hydrogen) atoms. The van der Waals surface area contributed by atoms with Gasteiger partial charge in [0.1, 0.15) is 5.01 Å². The minimum atomic E-state index is -0.0309. The van der Waals surface area contributed by atoms with Crippen molar-refractivity contribution in [2.24, 2.45) is 0 Å². The Balaban J connectivity index is 1.45. The second-order valence-corrected chi connectivity index (χ2v) is 7.34. The molecule has 1 saturated heterocycles. The van der Waals surface area contributed by atoms with Crippen LogP contribution in [0.25, 0.3) is 0 Å². The van der Waals surface area contributed by atoms with Gasteiger partial charge in [-0.3, -0.25) is 4.90 Å². The van der Waals surface area contributed by atoms with Gasteiger partial charge in [-0.15, -0.1) is 22.7 Å². The fraction of sp³-hybridized carbons (Fsp3) is 0.467. The van der Waals surface area contributed by atoms with E-state index < -0.39 is 0 Å². The molecular weight excluding hydrogens is 316 g/mol. The van der Waals surface area contributed by atoms with Crippen LogP contribution in [0.5, 0.6) is 0 Å². The van der Waals surface area contributed by atoms with Gasteiger partial charge in [0.05, 0.1) is 6.04 Å². The predicted molar refractivity (Wildman–Crippen MR) is 90.2 cm³/mol. The van der Waals surface area contributed by atoms with Crippen molar-refractivity contribution in [3.8, 4) is 0 Å². The molecule has 0 bridgehead atoms. The predicted octanol–water partition coefficient (Wildman–Crippen LogP) is 2.79. The smallest absolute Gasteiger partial charge is 0.318 e. The van der Waals surface area contributed by atoms with E-state index >= 15 is 0 Å². The van der Waals surface area contributed by atoms with Gasteiger partial charge in [-0.05, 0) is 18.4 Å². The van der Waals surface area contributed by atoms with Crippen LogP contribution in [-0.2, 0) is 6.54 Å². The van der Waals surface area contributed by atoms with Crippen molar-refractivity contribution in [1.29, 1.82) is 0 Å². The summed E-state index contributed by atoms with van der Waals surface area (Å²) in [7, 11) is 0. The monoisotopic (exact) mass is 336 g/mol. The molecule has 0 aliphatic carbocycles. The van der Waals surface area contributed by atoms with E-state index in [-0.39, 0.29) is 12.1 Å². The van der Waals surface area contributed by atoms with E-state index in [1.807, 2.05) is 17.2 Å². The van der Waals surface area contributed by atoms with Gasteiger partial charge in [-0.1, -0.05) is 6.07 Å². The Morgan fingerprint density at radius 3 is 2.77 bits per heavy atom. The van der Waals surface area contributed by atoms with Crippen LogP contribution in [0.1, 0.15) is 22.9 Å². The van der Waals surface area contributed by atoms with Gasteiger partial charge in [0.15, 0.2) is 0 Å². The van der Waals surface area contributed by atoms with E-state index in [9.17, 15) is 4.79 Å². The summed E-state index contributed by atoms with van der Waals surface area (Å²) in [6.45, 7) is 6.38. The molecule has 7 heteroatoms. The van der Waals surface area contributed by atoms with Gasteiger partial charge < -0.3 is 10.2 Å². The maximum absolute atomic E-state index is 12.3. The van der Waals surface area contributed by atoms with Gasteiger partial charge in [-0.25, -0.2) is 9.78 Å². The van der Waals surface area contributed by atoms with Gasteiger partial charge in [0.25, 0.3) is 0 Å². The van der Waals surface area contributed by atoms with E-state index in [1.54, 1.807) is 28.9 Å². The van der Waals surface area contributed by atoms with Crippen LogP contribution in [0.15, 0.2) is 29.1 Å². The van der Waals surface area contributed by atoms with Crippen LogP contribution in [0.4, 0.5) is 4.79 Å². The molecule has 1 atom stereocenters. The summed E-state index contributed by atoms with van der Waals surface area (Å²) in [6, 6.07) is 4.23. The zero-order valence-electron chi connectivity index (χ0n) is 12.6. The fourth-order valence-electron chi connectivity index (χ4n) is 2.52. The van der Waals surface area contributed by atoms with Crippen molar-refractivity contribution in [2.75, 3.05) is 26.2 Å². The molecule has 5 nitrogen and oxygen atoms in total. The van der Waals surface area contributed by atoms with Crippen LogP contribution in [0.3, 0.4) is 0 Å². The van der Waals surface area contributed by atoms with Crippen molar-refractivity contribution >= 4 is 28.7 Å². The van der Waals surface area contributed by atoms with Crippen molar-refractivity contribution in [3.63, 3.8) is 0 Å². The Kier molecular flexibility index (Phi) is 5.07. The SMILES string of the molecule is CC(NC(=O)N1CCN(Cc2cccs2)CC1)c1nccs1. The Morgan fingerprint density at radius 1 is 1.32 bits per heavy atom. The highest BCUT2D eigenvalue weighted by molar-refractivity contribution is 7.10. The maximum atomic E-state index is 12.3. The van der Waals surface area contributed by atoms with E-state index in [2.05, 4.69) is 32.7 Å². The Bertz CT molecular complexity index is 577. The van der Waals surface area contributed by atoms with Crippen LogP contribution in [0, 0.1) is 0 Å². The quantitative estimate of drug-likeness (QED) is 0.934. The molecule has 1 aliphatic rings. The largest absolute Gasteiger partial charge is 0.329 e. The highest BCUT2D eigenvalue weighted by Gasteiger charge is 2.23. The summed E-state index contributed by atoms with van der Waals surface area (Å²) in [4.78, 5) is 22.2. The third kappa shape index (κ3) is 3.85. The molecular formula is C15H20N4OS2. The van der Waals surface area contributed by atoms with Crippen LogP contribution < -0.4 is 5.32 Å². The number of carbonyl (C=O) groups is 1. The first-order valence-electron chi connectivity index (χ1n) is 7.42. The number of piperazine rings is 1. The van der Waals surface area contributed by atoms with Crippen molar-refractivity contribution < 1.29 is 4.79 Å². The number of hydrogen-bond donors (Lipinski definition) is 1. The highest BCUT2D eigenvalue weighted by atomic mass is 32.1. The van der Waals surface area contributed by atoms with Gasteiger partial charge in [0, 0.05) is 49.2 Å². The third-order valence-corrected chi connectivity index (χ3v) is 5.60. The zero-order valence-corrected chi connectivity index (χ0v) is 14.2. The number of amides is 2. The molecule has 0 radical (unpaired) electrons. The van der Waals surface area contributed by atoms with Gasteiger partial charge >= 0.3 is 6.03 Å². The minimum absolute atomic E-state index is 0.0125. The topological polar surface area (TPSA) is 48.5 Å². The van der Waals surface area contributed by atoms with E-state index in [4.69, 9.17) is 0 Å². The Morgan fingerprint density at radius 2 is 2.14 bits per heavy atom. The molecule has 2 amide bonds. The lowest BCUT2D eigenvalue weighted by Gasteiger charge is -2.34. The van der Waals surface area contributed by atoms with E-state index in [0.717, 1.165) is 37.7 Å². The molecule has 0 aromatic carbocycles. The first-order chi connectivity index (χ1) is 10.7. The lowest BCUT2D eigenvalue weighted by Crippen LogP contribution is -2.51. The first-order valence-corrected chi connectivity index (χ1v) is 9.18. The molecule has 1 unspecified atom stereocenters. The number of rotatable bonds is 4. The third-order valence-electron chi connectivity index (χ3n) is 3.78.